The zero-order valence-corrected chi connectivity index (χ0v) is 13.3. The monoisotopic (exact) mass is 375 g/mol. The van der Waals surface area contributed by atoms with Crippen LogP contribution >= 0.6 is 15.9 Å². The van der Waals surface area contributed by atoms with E-state index >= 15 is 0 Å². The van der Waals surface area contributed by atoms with Crippen molar-refractivity contribution in [3.8, 4) is 17.2 Å². The molecular weight excluding hydrogens is 366 g/mol. The van der Waals surface area contributed by atoms with E-state index in [1.54, 1.807) is 12.1 Å². The van der Waals surface area contributed by atoms with Crippen LogP contribution in [0.4, 0.5) is 5.69 Å². The molecule has 116 valence electrons. The number of non-ortho nitro benzene ring substituents is 1. The lowest BCUT2D eigenvalue weighted by Gasteiger charge is -2.02. The lowest BCUT2D eigenvalue weighted by atomic mass is 10.2. The fourth-order valence-corrected chi connectivity index (χ4v) is 2.09. The molecule has 0 aliphatic carbocycles. The smallest absolute Gasteiger partial charge is 0.269 e. The first kappa shape index (κ1) is 15.2. The van der Waals surface area contributed by atoms with Crippen molar-refractivity contribution in [2.24, 2.45) is 0 Å². The maximum Gasteiger partial charge on any atom is 0.269 e. The highest BCUT2D eigenvalue weighted by molar-refractivity contribution is 9.10. The molecule has 0 amide bonds. The lowest BCUT2D eigenvalue weighted by molar-refractivity contribution is -0.384. The van der Waals surface area contributed by atoms with Gasteiger partial charge in [0.2, 0.25) is 5.89 Å². The molecule has 0 radical (unpaired) electrons. The Kier molecular flexibility index (Phi) is 4.33. The maximum absolute atomic E-state index is 10.6. The van der Waals surface area contributed by atoms with Crippen LogP contribution in [0.25, 0.3) is 11.5 Å². The Labute approximate surface area is 139 Å². The standard InChI is InChI=1S/C15H10BrN3O4/c16-11-3-7-13(8-4-11)22-9-14-17-18-15(23-14)10-1-5-12(6-2-10)19(20)21/h1-8H,9H2. The minimum Gasteiger partial charge on any atom is -0.484 e. The lowest BCUT2D eigenvalue weighted by Crippen LogP contribution is -1.95. The van der Waals surface area contributed by atoms with Crippen molar-refractivity contribution in [3.05, 3.63) is 69.0 Å². The summed E-state index contributed by atoms with van der Waals surface area (Å²) in [5, 5.41) is 18.4. The highest BCUT2D eigenvalue weighted by atomic mass is 79.9. The van der Waals surface area contributed by atoms with E-state index in [-0.39, 0.29) is 18.2 Å². The summed E-state index contributed by atoms with van der Waals surface area (Å²) in [6, 6.07) is 13.3. The first-order valence-corrected chi connectivity index (χ1v) is 7.37. The van der Waals surface area contributed by atoms with E-state index < -0.39 is 4.92 Å². The summed E-state index contributed by atoms with van der Waals surface area (Å²) < 4.78 is 12.0. The van der Waals surface area contributed by atoms with E-state index in [2.05, 4.69) is 26.1 Å². The quantitative estimate of drug-likeness (QED) is 0.494. The minimum atomic E-state index is -0.463. The Bertz CT molecular complexity index is 815. The van der Waals surface area contributed by atoms with Crippen LogP contribution in [0.5, 0.6) is 5.75 Å². The fourth-order valence-electron chi connectivity index (χ4n) is 1.83. The molecule has 3 rings (SSSR count). The van der Waals surface area contributed by atoms with Gasteiger partial charge in [-0.25, -0.2) is 0 Å². The average Bonchev–Trinajstić information content (AvgIpc) is 3.03. The third-order valence-electron chi connectivity index (χ3n) is 2.97. The van der Waals surface area contributed by atoms with Gasteiger partial charge in [0.1, 0.15) is 5.75 Å². The van der Waals surface area contributed by atoms with Crippen LogP contribution in [-0.4, -0.2) is 15.1 Å². The van der Waals surface area contributed by atoms with Gasteiger partial charge in [0.15, 0.2) is 6.61 Å². The minimum absolute atomic E-state index is 0.00654. The molecule has 0 aliphatic heterocycles. The van der Waals surface area contributed by atoms with Crippen molar-refractivity contribution < 1.29 is 14.1 Å². The van der Waals surface area contributed by atoms with E-state index in [9.17, 15) is 10.1 Å². The molecule has 0 saturated carbocycles. The normalized spacial score (nSPS) is 10.5. The van der Waals surface area contributed by atoms with Crippen LogP contribution < -0.4 is 4.74 Å². The van der Waals surface area contributed by atoms with Gasteiger partial charge in [-0.2, -0.15) is 0 Å². The number of aromatic nitrogens is 2. The molecule has 1 aromatic heterocycles. The number of benzene rings is 2. The number of nitro groups is 1. The summed E-state index contributed by atoms with van der Waals surface area (Å²) in [5.74, 6) is 1.29. The second kappa shape index (κ2) is 6.57. The summed E-state index contributed by atoms with van der Waals surface area (Å²) in [6.07, 6.45) is 0. The van der Waals surface area contributed by atoms with Gasteiger partial charge >= 0.3 is 0 Å². The molecule has 1 heterocycles. The van der Waals surface area contributed by atoms with Crippen molar-refractivity contribution in [2.45, 2.75) is 6.61 Å². The molecule has 7 nitrogen and oxygen atoms in total. The number of rotatable bonds is 5. The van der Waals surface area contributed by atoms with Gasteiger partial charge < -0.3 is 9.15 Å². The molecule has 0 unspecified atom stereocenters. The van der Waals surface area contributed by atoms with Gasteiger partial charge in [0.05, 0.1) is 4.92 Å². The number of hydrogen-bond acceptors (Lipinski definition) is 6. The summed E-state index contributed by atoms with van der Waals surface area (Å²) in [6.45, 7) is 0.140. The molecule has 0 atom stereocenters. The molecular formula is C15H10BrN3O4. The number of nitro benzene ring substituents is 1. The molecule has 0 N–H and O–H groups in total. The topological polar surface area (TPSA) is 91.3 Å². The largest absolute Gasteiger partial charge is 0.484 e. The first-order chi connectivity index (χ1) is 11.1. The third-order valence-corrected chi connectivity index (χ3v) is 3.50. The van der Waals surface area contributed by atoms with Crippen molar-refractivity contribution in [1.29, 1.82) is 0 Å². The van der Waals surface area contributed by atoms with Crippen LogP contribution in [0.15, 0.2) is 57.4 Å². The molecule has 0 aliphatic rings. The van der Waals surface area contributed by atoms with Crippen molar-refractivity contribution >= 4 is 21.6 Å². The molecule has 3 aromatic rings. The number of nitrogens with zero attached hydrogens (tertiary/aromatic N) is 3. The zero-order valence-electron chi connectivity index (χ0n) is 11.7. The Balaban J connectivity index is 1.67. The predicted molar refractivity (Wildman–Crippen MR) is 84.9 cm³/mol. The van der Waals surface area contributed by atoms with Crippen LogP contribution in [0.2, 0.25) is 0 Å². The Hall–Kier alpha value is -2.74. The molecule has 0 spiro atoms. The van der Waals surface area contributed by atoms with Crippen molar-refractivity contribution in [2.75, 3.05) is 0 Å². The number of hydrogen-bond donors (Lipinski definition) is 0. The van der Waals surface area contributed by atoms with Crippen molar-refractivity contribution in [1.82, 2.24) is 10.2 Å². The molecule has 0 saturated heterocycles. The van der Waals surface area contributed by atoms with Crippen molar-refractivity contribution in [3.63, 3.8) is 0 Å². The highest BCUT2D eigenvalue weighted by Gasteiger charge is 2.11. The zero-order chi connectivity index (χ0) is 16.2. The first-order valence-electron chi connectivity index (χ1n) is 6.57. The Morgan fingerprint density at radius 1 is 1.09 bits per heavy atom. The van der Waals surface area contributed by atoms with Gasteiger partial charge in [0, 0.05) is 22.2 Å². The van der Waals surface area contributed by atoms with Crippen LogP contribution in [-0.2, 0) is 6.61 Å². The van der Waals surface area contributed by atoms with E-state index in [1.165, 1.54) is 12.1 Å². The van der Waals surface area contributed by atoms with Crippen LogP contribution in [0, 0.1) is 10.1 Å². The van der Waals surface area contributed by atoms with Gasteiger partial charge in [-0.3, -0.25) is 10.1 Å². The molecule has 0 fully saturated rings. The van der Waals surface area contributed by atoms with E-state index in [0.29, 0.717) is 17.2 Å². The molecule has 2 aromatic carbocycles. The summed E-state index contributed by atoms with van der Waals surface area (Å²) >= 11 is 3.35. The van der Waals surface area contributed by atoms with Gasteiger partial charge in [-0.15, -0.1) is 10.2 Å². The Morgan fingerprint density at radius 2 is 1.78 bits per heavy atom. The third kappa shape index (κ3) is 3.72. The van der Waals surface area contributed by atoms with Crippen LogP contribution in [0.3, 0.4) is 0 Å². The second-order valence-electron chi connectivity index (χ2n) is 4.55. The summed E-state index contributed by atoms with van der Waals surface area (Å²) in [4.78, 5) is 10.2. The number of ether oxygens (including phenoxy) is 1. The maximum atomic E-state index is 10.6. The molecule has 0 bridgehead atoms. The average molecular weight is 376 g/mol. The predicted octanol–water partition coefficient (Wildman–Crippen LogP) is 3.99. The summed E-state index contributed by atoms with van der Waals surface area (Å²) in [7, 11) is 0. The van der Waals surface area contributed by atoms with E-state index in [0.717, 1.165) is 4.47 Å². The molecule has 23 heavy (non-hydrogen) atoms. The molecule has 8 heteroatoms. The fraction of sp³-hybridized carbons (Fsp3) is 0.0667. The number of halogens is 1. The second-order valence-corrected chi connectivity index (χ2v) is 5.46. The van der Waals surface area contributed by atoms with Gasteiger partial charge in [0.25, 0.3) is 11.6 Å². The van der Waals surface area contributed by atoms with Gasteiger partial charge in [-0.1, -0.05) is 15.9 Å². The van der Waals surface area contributed by atoms with Gasteiger partial charge in [-0.05, 0) is 36.4 Å². The Morgan fingerprint density at radius 3 is 2.43 bits per heavy atom. The highest BCUT2D eigenvalue weighted by Crippen LogP contribution is 2.22. The summed E-state index contributed by atoms with van der Waals surface area (Å²) in [5.41, 5.74) is 0.616. The van der Waals surface area contributed by atoms with Crippen LogP contribution in [0.1, 0.15) is 5.89 Å². The SMILES string of the molecule is O=[N+]([O-])c1ccc(-c2nnc(COc3ccc(Br)cc3)o2)cc1. The van der Waals surface area contributed by atoms with E-state index in [1.807, 2.05) is 24.3 Å². The van der Waals surface area contributed by atoms with E-state index in [4.69, 9.17) is 9.15 Å².